The van der Waals surface area contributed by atoms with Crippen LogP contribution in [0, 0.1) is 11.8 Å². The summed E-state index contributed by atoms with van der Waals surface area (Å²) in [5, 5.41) is 10.4. The normalized spacial score (nSPS) is 39.2. The third-order valence-corrected chi connectivity index (χ3v) is 4.89. The minimum absolute atomic E-state index is 0.125. The lowest BCUT2D eigenvalue weighted by molar-refractivity contribution is -0.0601. The first-order valence-electron chi connectivity index (χ1n) is 7.06. The quantitative estimate of drug-likeness (QED) is 0.756. The number of benzene rings is 1. The summed E-state index contributed by atoms with van der Waals surface area (Å²) in [7, 11) is 0. The van der Waals surface area contributed by atoms with E-state index >= 15 is 0 Å². The first-order chi connectivity index (χ1) is 8.60. The van der Waals surface area contributed by atoms with Crippen molar-refractivity contribution in [2.75, 3.05) is 0 Å². The highest BCUT2D eigenvalue weighted by Crippen LogP contribution is 2.48. The Hall–Kier alpha value is -1.02. The molecular weight excluding hydrogens is 224 g/mol. The van der Waals surface area contributed by atoms with Crippen LogP contribution in [0.5, 0.6) is 5.75 Å². The molecule has 1 fully saturated rings. The molecule has 1 aromatic carbocycles. The van der Waals surface area contributed by atoms with Gasteiger partial charge in [-0.2, -0.15) is 0 Å². The molecule has 1 spiro atoms. The van der Waals surface area contributed by atoms with E-state index in [9.17, 15) is 5.11 Å². The molecule has 2 aliphatic rings. The van der Waals surface area contributed by atoms with Crippen molar-refractivity contribution in [3.63, 3.8) is 0 Å². The second kappa shape index (κ2) is 4.27. The highest BCUT2D eigenvalue weighted by molar-refractivity contribution is 5.38. The van der Waals surface area contributed by atoms with E-state index in [2.05, 4.69) is 13.8 Å². The van der Waals surface area contributed by atoms with Gasteiger partial charge in [0.1, 0.15) is 11.4 Å². The fraction of sp³-hybridized carbons (Fsp3) is 0.625. The molecule has 1 aliphatic heterocycles. The van der Waals surface area contributed by atoms with Crippen molar-refractivity contribution in [1.29, 1.82) is 0 Å². The van der Waals surface area contributed by atoms with Crippen LogP contribution in [0.2, 0.25) is 0 Å². The zero-order chi connectivity index (χ0) is 12.8. The van der Waals surface area contributed by atoms with Crippen molar-refractivity contribution in [1.82, 2.24) is 0 Å². The van der Waals surface area contributed by atoms with Crippen LogP contribution in [-0.4, -0.2) is 10.7 Å². The Balaban J connectivity index is 1.89. The van der Waals surface area contributed by atoms with Gasteiger partial charge in [0.05, 0.1) is 6.10 Å². The third kappa shape index (κ3) is 1.93. The SMILES string of the molecule is CC1CCC2(CC1C)C[C@@H](O)c1ccccc1O2. The van der Waals surface area contributed by atoms with Gasteiger partial charge >= 0.3 is 0 Å². The lowest BCUT2D eigenvalue weighted by Crippen LogP contribution is -2.46. The molecule has 3 unspecified atom stereocenters. The molecule has 1 saturated carbocycles. The summed E-state index contributed by atoms with van der Waals surface area (Å²) in [6.45, 7) is 4.63. The zero-order valence-corrected chi connectivity index (χ0v) is 11.2. The fourth-order valence-corrected chi connectivity index (χ4v) is 3.53. The maximum atomic E-state index is 10.4. The van der Waals surface area contributed by atoms with Crippen LogP contribution in [0.25, 0.3) is 0 Å². The molecule has 2 heteroatoms. The van der Waals surface area contributed by atoms with Gasteiger partial charge in [0.2, 0.25) is 0 Å². The minimum Gasteiger partial charge on any atom is -0.487 e. The number of aliphatic hydroxyl groups is 1. The third-order valence-electron chi connectivity index (χ3n) is 4.89. The lowest BCUT2D eigenvalue weighted by Gasteiger charge is -2.46. The minimum atomic E-state index is -0.365. The van der Waals surface area contributed by atoms with Gasteiger partial charge in [-0.3, -0.25) is 0 Å². The van der Waals surface area contributed by atoms with Gasteiger partial charge in [0.15, 0.2) is 0 Å². The maximum absolute atomic E-state index is 10.4. The molecule has 1 N–H and O–H groups in total. The van der Waals surface area contributed by atoms with E-state index in [1.54, 1.807) is 0 Å². The van der Waals surface area contributed by atoms with Gasteiger partial charge in [-0.1, -0.05) is 32.0 Å². The summed E-state index contributed by atoms with van der Waals surface area (Å²) in [6.07, 6.45) is 3.73. The molecule has 1 heterocycles. The molecule has 1 aliphatic carbocycles. The summed E-state index contributed by atoms with van der Waals surface area (Å²) in [6, 6.07) is 7.92. The Kier molecular flexibility index (Phi) is 2.86. The van der Waals surface area contributed by atoms with Crippen molar-refractivity contribution in [2.45, 2.75) is 51.2 Å². The lowest BCUT2D eigenvalue weighted by atomic mass is 9.70. The number of rotatable bonds is 0. The Morgan fingerprint density at radius 3 is 2.72 bits per heavy atom. The van der Waals surface area contributed by atoms with Crippen LogP contribution >= 0.6 is 0 Å². The van der Waals surface area contributed by atoms with E-state index in [1.165, 1.54) is 6.42 Å². The zero-order valence-electron chi connectivity index (χ0n) is 11.2. The largest absolute Gasteiger partial charge is 0.487 e. The second-order valence-electron chi connectivity index (χ2n) is 6.24. The van der Waals surface area contributed by atoms with E-state index in [-0.39, 0.29) is 11.7 Å². The van der Waals surface area contributed by atoms with Crippen molar-refractivity contribution < 1.29 is 9.84 Å². The van der Waals surface area contributed by atoms with E-state index in [4.69, 9.17) is 4.74 Å². The van der Waals surface area contributed by atoms with Crippen molar-refractivity contribution in [3.05, 3.63) is 29.8 Å². The van der Waals surface area contributed by atoms with Crippen molar-refractivity contribution in [2.24, 2.45) is 11.8 Å². The second-order valence-corrected chi connectivity index (χ2v) is 6.24. The molecule has 0 bridgehead atoms. The van der Waals surface area contributed by atoms with Crippen LogP contribution < -0.4 is 4.74 Å². The topological polar surface area (TPSA) is 29.5 Å². The monoisotopic (exact) mass is 246 g/mol. The average molecular weight is 246 g/mol. The molecule has 0 aromatic heterocycles. The van der Waals surface area contributed by atoms with E-state index in [1.807, 2.05) is 24.3 Å². The summed E-state index contributed by atoms with van der Waals surface area (Å²) in [4.78, 5) is 0. The highest BCUT2D eigenvalue weighted by Gasteiger charge is 2.44. The van der Waals surface area contributed by atoms with Gasteiger partial charge in [-0.25, -0.2) is 0 Å². The molecule has 0 amide bonds. The first-order valence-corrected chi connectivity index (χ1v) is 7.06. The molecule has 1 aromatic rings. The summed E-state index contributed by atoms with van der Waals surface area (Å²) in [5.74, 6) is 2.34. The number of hydrogen-bond donors (Lipinski definition) is 1. The predicted octanol–water partition coefficient (Wildman–Crippen LogP) is 3.70. The van der Waals surface area contributed by atoms with Crippen LogP contribution in [0.3, 0.4) is 0 Å². The van der Waals surface area contributed by atoms with Gasteiger partial charge in [0.25, 0.3) is 0 Å². The van der Waals surface area contributed by atoms with Crippen molar-refractivity contribution >= 4 is 0 Å². The molecule has 3 rings (SSSR count). The molecular formula is C16H22O2. The van der Waals surface area contributed by atoms with E-state index in [0.717, 1.165) is 36.5 Å². The summed E-state index contributed by atoms with van der Waals surface area (Å²) < 4.78 is 6.29. The van der Waals surface area contributed by atoms with Gasteiger partial charge in [-0.05, 0) is 37.2 Å². The van der Waals surface area contributed by atoms with Crippen LogP contribution in [0.1, 0.15) is 51.2 Å². The highest BCUT2D eigenvalue weighted by atomic mass is 16.5. The summed E-state index contributed by atoms with van der Waals surface area (Å²) >= 11 is 0. The molecule has 18 heavy (non-hydrogen) atoms. The van der Waals surface area contributed by atoms with Crippen LogP contribution in [0.4, 0.5) is 0 Å². The maximum Gasteiger partial charge on any atom is 0.125 e. The van der Waals surface area contributed by atoms with Crippen LogP contribution in [-0.2, 0) is 0 Å². The standard InChI is InChI=1S/C16H22O2/c1-11-7-8-16(9-12(11)2)10-14(17)13-5-3-4-6-15(13)18-16/h3-6,11-12,14,17H,7-10H2,1-2H3/t11?,12?,14-,16?/m1/s1. The van der Waals surface area contributed by atoms with E-state index in [0.29, 0.717) is 5.92 Å². The van der Waals surface area contributed by atoms with Gasteiger partial charge < -0.3 is 9.84 Å². The first kappa shape index (κ1) is 12.0. The Morgan fingerprint density at radius 1 is 1.17 bits per heavy atom. The molecule has 4 atom stereocenters. The molecule has 0 saturated heterocycles. The van der Waals surface area contributed by atoms with Crippen LogP contribution in [0.15, 0.2) is 24.3 Å². The predicted molar refractivity (Wildman–Crippen MR) is 71.6 cm³/mol. The fourth-order valence-electron chi connectivity index (χ4n) is 3.53. The number of aliphatic hydroxyl groups excluding tert-OH is 1. The molecule has 2 nitrogen and oxygen atoms in total. The number of para-hydroxylation sites is 1. The average Bonchev–Trinajstić information content (AvgIpc) is 2.35. The Bertz CT molecular complexity index is 442. The summed E-state index contributed by atoms with van der Waals surface area (Å²) in [5.41, 5.74) is 0.828. The van der Waals surface area contributed by atoms with Gasteiger partial charge in [-0.15, -0.1) is 0 Å². The Morgan fingerprint density at radius 2 is 1.94 bits per heavy atom. The van der Waals surface area contributed by atoms with E-state index < -0.39 is 0 Å². The van der Waals surface area contributed by atoms with Gasteiger partial charge in [0, 0.05) is 12.0 Å². The number of ether oxygens (including phenoxy) is 1. The molecule has 98 valence electrons. The van der Waals surface area contributed by atoms with Crippen molar-refractivity contribution in [3.8, 4) is 5.75 Å². The molecule has 0 radical (unpaired) electrons. The number of fused-ring (bicyclic) bond motifs is 1. The number of hydrogen-bond acceptors (Lipinski definition) is 2. The Labute approximate surface area is 109 Å². The smallest absolute Gasteiger partial charge is 0.125 e.